The molecule has 0 radical (unpaired) electrons. The van der Waals surface area contributed by atoms with Crippen molar-refractivity contribution in [1.29, 1.82) is 0 Å². The van der Waals surface area contributed by atoms with Crippen LogP contribution < -0.4 is 4.74 Å². The molecule has 1 aromatic heterocycles. The summed E-state index contributed by atoms with van der Waals surface area (Å²) in [6.45, 7) is 1.81. The number of aromatic nitrogens is 2. The maximum absolute atomic E-state index is 11.0. The van der Waals surface area contributed by atoms with Gasteiger partial charge in [0.25, 0.3) is 0 Å². The van der Waals surface area contributed by atoms with Gasteiger partial charge < -0.3 is 4.74 Å². The second-order valence-electron chi connectivity index (χ2n) is 3.43. The molecule has 0 saturated carbocycles. The molecule has 0 bridgehead atoms. The van der Waals surface area contributed by atoms with E-state index in [2.05, 4.69) is 5.10 Å². The molecule has 1 heterocycles. The molecule has 2 aromatic rings. The van der Waals surface area contributed by atoms with E-state index in [0.717, 1.165) is 5.39 Å². The Morgan fingerprint density at radius 2 is 2.41 bits per heavy atom. The van der Waals surface area contributed by atoms with Crippen molar-refractivity contribution in [2.24, 2.45) is 0 Å². The average molecular weight is 269 g/mol. The van der Waals surface area contributed by atoms with E-state index < -0.39 is 5.97 Å². The molecular weight excluding hydrogens is 260 g/mol. The van der Waals surface area contributed by atoms with Crippen LogP contribution in [0, 0.1) is 0 Å². The largest absolute Gasteiger partial charge is 0.424 e. The minimum absolute atomic E-state index is 0.398. The number of fused-ring (bicyclic) bond motifs is 1. The molecule has 88 valence electrons. The Morgan fingerprint density at radius 3 is 3.06 bits per heavy atom. The van der Waals surface area contributed by atoms with Crippen molar-refractivity contribution in [3.8, 4) is 5.75 Å². The summed E-state index contributed by atoms with van der Waals surface area (Å²) in [5, 5.41) is 7.02. The normalized spacial score (nSPS) is 10.5. The van der Waals surface area contributed by atoms with Crippen molar-refractivity contribution in [2.45, 2.75) is 13.5 Å². The van der Waals surface area contributed by atoms with Crippen LogP contribution in [0.15, 0.2) is 18.3 Å². The Morgan fingerprint density at radius 1 is 1.65 bits per heavy atom. The van der Waals surface area contributed by atoms with Crippen molar-refractivity contribution >= 4 is 46.1 Å². The molecule has 0 aliphatic heterocycles. The number of benzene rings is 1. The Hall–Kier alpha value is -1.46. The number of halogens is 1. The fourth-order valence-electron chi connectivity index (χ4n) is 1.60. The molecule has 6 heteroatoms. The molecule has 2 rings (SSSR count). The van der Waals surface area contributed by atoms with E-state index in [1.165, 1.54) is 6.92 Å². The predicted octanol–water partition coefficient (Wildman–Crippen LogP) is 2.61. The van der Waals surface area contributed by atoms with E-state index in [1.807, 2.05) is 0 Å². The molecule has 1 aromatic carbocycles. The first-order chi connectivity index (χ1) is 8.11. The summed E-state index contributed by atoms with van der Waals surface area (Å²) >= 11 is 10.7. The summed E-state index contributed by atoms with van der Waals surface area (Å²) in [7, 11) is 0. The summed E-state index contributed by atoms with van der Waals surface area (Å²) in [4.78, 5) is 11.0. The summed E-state index contributed by atoms with van der Waals surface area (Å²) in [5.41, 5.74) is 0.714. The molecule has 17 heavy (non-hydrogen) atoms. The summed E-state index contributed by atoms with van der Waals surface area (Å²) in [6, 6.07) is 3.35. The maximum Gasteiger partial charge on any atom is 0.308 e. The van der Waals surface area contributed by atoms with Gasteiger partial charge in [0.2, 0.25) is 0 Å². The Labute approximate surface area is 108 Å². The van der Waals surface area contributed by atoms with Gasteiger partial charge in [-0.3, -0.25) is 9.48 Å². The first-order valence-electron chi connectivity index (χ1n) is 4.89. The lowest BCUT2D eigenvalue weighted by molar-refractivity contribution is -0.131. The van der Waals surface area contributed by atoms with Crippen LogP contribution in [0.2, 0.25) is 5.02 Å². The van der Waals surface area contributed by atoms with Crippen LogP contribution in [0.3, 0.4) is 0 Å². The number of ether oxygens (including phenoxy) is 1. The highest BCUT2D eigenvalue weighted by atomic mass is 35.5. The van der Waals surface area contributed by atoms with Crippen molar-refractivity contribution in [3.63, 3.8) is 0 Å². The predicted molar refractivity (Wildman–Crippen MR) is 69.7 cm³/mol. The van der Waals surface area contributed by atoms with Crippen LogP contribution in [0.5, 0.6) is 5.75 Å². The van der Waals surface area contributed by atoms with Gasteiger partial charge in [-0.2, -0.15) is 5.10 Å². The van der Waals surface area contributed by atoms with E-state index >= 15 is 0 Å². The van der Waals surface area contributed by atoms with Gasteiger partial charge in [0.15, 0.2) is 5.75 Å². The van der Waals surface area contributed by atoms with Crippen LogP contribution in [0.1, 0.15) is 6.92 Å². The van der Waals surface area contributed by atoms with E-state index in [4.69, 9.17) is 28.6 Å². The second-order valence-corrected chi connectivity index (χ2v) is 4.20. The fourth-order valence-corrected chi connectivity index (χ4v) is 1.96. The van der Waals surface area contributed by atoms with E-state index in [9.17, 15) is 4.79 Å². The third-order valence-corrected chi connectivity index (χ3v) is 2.53. The van der Waals surface area contributed by atoms with E-state index in [0.29, 0.717) is 22.8 Å². The van der Waals surface area contributed by atoms with Crippen molar-refractivity contribution in [3.05, 3.63) is 23.4 Å². The number of hydrogen-bond acceptors (Lipinski definition) is 4. The fraction of sp³-hybridized carbons (Fsp3) is 0.182. The zero-order valence-electron chi connectivity index (χ0n) is 9.01. The lowest BCUT2D eigenvalue weighted by Gasteiger charge is -2.06. The first-order valence-corrected chi connectivity index (χ1v) is 5.74. The van der Waals surface area contributed by atoms with Crippen molar-refractivity contribution in [1.82, 2.24) is 9.78 Å². The first kappa shape index (κ1) is 12.0. The third-order valence-electron chi connectivity index (χ3n) is 2.16. The number of esters is 1. The number of nitrogens with zero attached hydrogens (tertiary/aromatic N) is 2. The molecule has 0 aliphatic carbocycles. The van der Waals surface area contributed by atoms with Crippen LogP contribution in [-0.4, -0.2) is 21.1 Å². The summed E-state index contributed by atoms with van der Waals surface area (Å²) in [6.07, 6.45) is 1.66. The van der Waals surface area contributed by atoms with Crippen LogP contribution in [0.25, 0.3) is 10.9 Å². The molecule has 4 nitrogen and oxygen atoms in total. The minimum Gasteiger partial charge on any atom is -0.424 e. The monoisotopic (exact) mass is 268 g/mol. The van der Waals surface area contributed by atoms with Crippen LogP contribution in [-0.2, 0) is 11.3 Å². The molecule has 0 spiro atoms. The number of carbonyl (C=O) groups excluding carboxylic acids is 1. The maximum atomic E-state index is 11.0. The molecule has 0 N–H and O–H groups in total. The quantitative estimate of drug-likeness (QED) is 0.488. The van der Waals surface area contributed by atoms with Crippen LogP contribution >= 0.6 is 23.8 Å². The van der Waals surface area contributed by atoms with Gasteiger partial charge >= 0.3 is 5.97 Å². The van der Waals surface area contributed by atoms with Gasteiger partial charge in [-0.25, -0.2) is 0 Å². The number of rotatable bonds is 3. The van der Waals surface area contributed by atoms with Gasteiger partial charge in [-0.15, -0.1) is 0 Å². The molecular formula is C11H9ClN2O2S. The molecule has 0 unspecified atom stereocenters. The van der Waals surface area contributed by atoms with Crippen molar-refractivity contribution in [2.75, 3.05) is 0 Å². The highest BCUT2D eigenvalue weighted by Crippen LogP contribution is 2.30. The van der Waals surface area contributed by atoms with Crippen molar-refractivity contribution < 1.29 is 9.53 Å². The SMILES string of the molecule is CC(=O)Oc1cc(Cl)cc2cnn(CC=S)c12. The van der Waals surface area contributed by atoms with E-state index in [-0.39, 0.29) is 0 Å². The molecule has 0 amide bonds. The zero-order valence-corrected chi connectivity index (χ0v) is 10.6. The number of hydrogen-bond donors (Lipinski definition) is 0. The highest BCUT2D eigenvalue weighted by molar-refractivity contribution is 7.78. The third kappa shape index (κ3) is 2.45. The Balaban J connectivity index is 2.64. The lowest BCUT2D eigenvalue weighted by atomic mass is 10.2. The second kappa shape index (κ2) is 4.81. The van der Waals surface area contributed by atoms with Gasteiger partial charge in [0, 0.05) is 28.8 Å². The van der Waals surface area contributed by atoms with Gasteiger partial charge in [-0.1, -0.05) is 23.8 Å². The molecule has 0 aliphatic rings. The Bertz CT molecular complexity index is 594. The number of thiocarbonyl (C=S) groups is 1. The zero-order chi connectivity index (χ0) is 12.4. The molecule has 0 fully saturated rings. The Kier molecular flexibility index (Phi) is 3.40. The van der Waals surface area contributed by atoms with Gasteiger partial charge in [-0.05, 0) is 6.07 Å². The highest BCUT2D eigenvalue weighted by Gasteiger charge is 2.12. The minimum atomic E-state index is -0.399. The van der Waals surface area contributed by atoms with Gasteiger partial charge in [0.05, 0.1) is 12.7 Å². The van der Waals surface area contributed by atoms with Gasteiger partial charge in [0.1, 0.15) is 5.52 Å². The molecule has 0 saturated heterocycles. The molecule has 0 atom stereocenters. The average Bonchev–Trinajstić information content (AvgIpc) is 2.61. The summed E-state index contributed by atoms with van der Waals surface area (Å²) in [5.74, 6) is -0.00183. The number of carbonyl (C=O) groups is 1. The smallest absolute Gasteiger partial charge is 0.308 e. The topological polar surface area (TPSA) is 44.1 Å². The lowest BCUT2D eigenvalue weighted by Crippen LogP contribution is -2.05. The van der Waals surface area contributed by atoms with Crippen LogP contribution in [0.4, 0.5) is 0 Å². The standard InChI is InChI=1S/C11H9ClN2O2S/c1-7(15)16-10-5-9(12)4-8-6-13-14(2-3-17)11(8)10/h3-6H,2H2,1H3. The summed E-state index contributed by atoms with van der Waals surface area (Å²) < 4.78 is 6.79. The van der Waals surface area contributed by atoms with E-state index in [1.54, 1.807) is 28.4 Å².